The van der Waals surface area contributed by atoms with Crippen LogP contribution in [0.3, 0.4) is 0 Å². The number of halogens is 3. The van der Waals surface area contributed by atoms with E-state index < -0.39 is 32.6 Å². The summed E-state index contributed by atoms with van der Waals surface area (Å²) in [5.74, 6) is -0.403. The van der Waals surface area contributed by atoms with Gasteiger partial charge in [0.2, 0.25) is 11.8 Å². The van der Waals surface area contributed by atoms with Gasteiger partial charge < -0.3 is 4.42 Å². The largest absolute Gasteiger partial charge is 0.424 e. The Morgan fingerprint density at radius 3 is 2.50 bits per heavy atom. The van der Waals surface area contributed by atoms with Crippen LogP contribution < -0.4 is 0 Å². The van der Waals surface area contributed by atoms with Crippen LogP contribution >= 0.6 is 0 Å². The van der Waals surface area contributed by atoms with E-state index in [0.717, 1.165) is 12.1 Å². The lowest BCUT2D eigenvalue weighted by atomic mass is 10.1. The van der Waals surface area contributed by atoms with Crippen LogP contribution in [0.1, 0.15) is 35.1 Å². The zero-order valence-electron chi connectivity index (χ0n) is 11.8. The van der Waals surface area contributed by atoms with Crippen molar-refractivity contribution in [2.24, 2.45) is 0 Å². The standard InChI is InChI=1S/C13H13F3N2O3S/c1-8(12-18-17-9(2)21-12)22(19,20)7-10-4-3-5-11(6-10)13(14,15)16/h3-6,8H,7H2,1-2H3/t8-/m1/s1. The van der Waals surface area contributed by atoms with Crippen molar-refractivity contribution >= 4 is 9.84 Å². The molecule has 1 heterocycles. The zero-order chi connectivity index (χ0) is 16.5. The van der Waals surface area contributed by atoms with Gasteiger partial charge in [-0.2, -0.15) is 13.2 Å². The maximum absolute atomic E-state index is 12.6. The van der Waals surface area contributed by atoms with Gasteiger partial charge in [-0.3, -0.25) is 0 Å². The predicted octanol–water partition coefficient (Wildman–Crippen LogP) is 3.07. The summed E-state index contributed by atoms with van der Waals surface area (Å²) >= 11 is 0. The highest BCUT2D eigenvalue weighted by Crippen LogP contribution is 2.31. The molecule has 0 radical (unpaired) electrons. The maximum atomic E-state index is 12.6. The molecule has 0 aliphatic carbocycles. The van der Waals surface area contributed by atoms with E-state index in [9.17, 15) is 21.6 Å². The molecule has 0 amide bonds. The summed E-state index contributed by atoms with van der Waals surface area (Å²) in [4.78, 5) is 0. The van der Waals surface area contributed by atoms with Gasteiger partial charge in [-0.05, 0) is 18.6 Å². The first kappa shape index (κ1) is 16.5. The second-order valence-corrected chi connectivity index (χ2v) is 7.13. The SMILES string of the molecule is Cc1nnc([C@@H](C)S(=O)(=O)Cc2cccc(C(F)(F)F)c2)o1. The van der Waals surface area contributed by atoms with E-state index in [-0.39, 0.29) is 17.3 Å². The number of aromatic nitrogens is 2. The van der Waals surface area contributed by atoms with Gasteiger partial charge in [0.15, 0.2) is 9.84 Å². The van der Waals surface area contributed by atoms with Crippen molar-refractivity contribution in [1.82, 2.24) is 10.2 Å². The Balaban J connectivity index is 2.25. The molecular formula is C13H13F3N2O3S. The Kier molecular flexibility index (Phi) is 4.28. The lowest BCUT2D eigenvalue weighted by molar-refractivity contribution is -0.137. The summed E-state index contributed by atoms with van der Waals surface area (Å²) in [5.41, 5.74) is -0.834. The van der Waals surface area contributed by atoms with Crippen LogP contribution in [0.2, 0.25) is 0 Å². The summed E-state index contributed by atoms with van der Waals surface area (Å²) in [6.07, 6.45) is -4.52. The van der Waals surface area contributed by atoms with Crippen molar-refractivity contribution in [3.8, 4) is 0 Å². The predicted molar refractivity (Wildman–Crippen MR) is 71.5 cm³/mol. The van der Waals surface area contributed by atoms with Crippen LogP contribution in [-0.2, 0) is 21.8 Å². The fourth-order valence-corrected chi connectivity index (χ4v) is 3.12. The first-order valence-electron chi connectivity index (χ1n) is 6.27. The van der Waals surface area contributed by atoms with Gasteiger partial charge in [-0.1, -0.05) is 18.2 Å². The Morgan fingerprint density at radius 2 is 1.95 bits per heavy atom. The number of aryl methyl sites for hydroxylation is 1. The first-order valence-corrected chi connectivity index (χ1v) is 7.99. The average molecular weight is 334 g/mol. The van der Waals surface area contributed by atoms with Gasteiger partial charge in [0.05, 0.1) is 11.3 Å². The zero-order valence-corrected chi connectivity index (χ0v) is 12.6. The smallest absolute Gasteiger partial charge is 0.416 e. The van der Waals surface area contributed by atoms with Crippen LogP contribution in [-0.4, -0.2) is 18.6 Å². The highest BCUT2D eigenvalue weighted by atomic mass is 32.2. The molecule has 0 aliphatic heterocycles. The summed E-state index contributed by atoms with van der Waals surface area (Å²) in [5, 5.41) is 6.09. The van der Waals surface area contributed by atoms with Crippen molar-refractivity contribution in [2.45, 2.75) is 31.0 Å². The number of rotatable bonds is 4. The lowest BCUT2D eigenvalue weighted by Crippen LogP contribution is -2.14. The highest BCUT2D eigenvalue weighted by molar-refractivity contribution is 7.90. The summed E-state index contributed by atoms with van der Waals surface area (Å²) < 4.78 is 67.5. The van der Waals surface area contributed by atoms with Gasteiger partial charge in [-0.25, -0.2) is 8.42 Å². The third-order valence-electron chi connectivity index (χ3n) is 3.05. The molecule has 1 atom stereocenters. The fraction of sp³-hybridized carbons (Fsp3) is 0.385. The minimum atomic E-state index is -4.52. The number of hydrogen-bond donors (Lipinski definition) is 0. The molecule has 0 saturated carbocycles. The maximum Gasteiger partial charge on any atom is 0.416 e. The van der Waals surface area contributed by atoms with Crippen molar-refractivity contribution in [2.75, 3.05) is 0 Å². The van der Waals surface area contributed by atoms with Gasteiger partial charge in [0, 0.05) is 6.92 Å². The number of nitrogens with zero attached hydrogens (tertiary/aromatic N) is 2. The molecule has 0 fully saturated rings. The van der Waals surface area contributed by atoms with Gasteiger partial charge in [-0.15, -0.1) is 10.2 Å². The molecule has 0 unspecified atom stereocenters. The van der Waals surface area contributed by atoms with Gasteiger partial charge >= 0.3 is 6.18 Å². The lowest BCUT2D eigenvalue weighted by Gasteiger charge is -2.11. The van der Waals surface area contributed by atoms with Gasteiger partial charge in [0.25, 0.3) is 0 Å². The molecule has 5 nitrogen and oxygen atoms in total. The molecule has 0 bridgehead atoms. The fourth-order valence-electron chi connectivity index (χ4n) is 1.82. The molecule has 0 aliphatic rings. The molecular weight excluding hydrogens is 321 g/mol. The highest BCUT2D eigenvalue weighted by Gasteiger charge is 2.32. The Labute approximate surface area is 125 Å². The average Bonchev–Trinajstić information content (AvgIpc) is 2.83. The van der Waals surface area contributed by atoms with Crippen molar-refractivity contribution in [3.05, 3.63) is 47.2 Å². The van der Waals surface area contributed by atoms with Crippen LogP contribution in [0, 0.1) is 6.92 Å². The van der Waals surface area contributed by atoms with E-state index in [1.54, 1.807) is 0 Å². The van der Waals surface area contributed by atoms with E-state index in [1.165, 1.54) is 26.0 Å². The monoisotopic (exact) mass is 334 g/mol. The molecule has 120 valence electrons. The number of hydrogen-bond acceptors (Lipinski definition) is 5. The van der Waals surface area contributed by atoms with Crippen LogP contribution in [0.5, 0.6) is 0 Å². The van der Waals surface area contributed by atoms with Gasteiger partial charge in [0.1, 0.15) is 5.25 Å². The Bertz CT molecular complexity index is 769. The molecule has 0 spiro atoms. The van der Waals surface area contributed by atoms with Crippen molar-refractivity contribution < 1.29 is 26.0 Å². The molecule has 0 saturated heterocycles. The van der Waals surface area contributed by atoms with E-state index in [4.69, 9.17) is 4.42 Å². The molecule has 9 heteroatoms. The summed E-state index contributed by atoms with van der Waals surface area (Å²) in [7, 11) is -3.78. The van der Waals surface area contributed by atoms with Crippen LogP contribution in [0.15, 0.2) is 28.7 Å². The minimum Gasteiger partial charge on any atom is -0.424 e. The number of benzene rings is 1. The van der Waals surface area contributed by atoms with Crippen LogP contribution in [0.4, 0.5) is 13.2 Å². The second kappa shape index (κ2) is 5.71. The Morgan fingerprint density at radius 1 is 1.27 bits per heavy atom. The van der Waals surface area contributed by atoms with Crippen molar-refractivity contribution in [1.29, 1.82) is 0 Å². The molecule has 22 heavy (non-hydrogen) atoms. The first-order chi connectivity index (χ1) is 10.1. The number of alkyl halides is 3. The topological polar surface area (TPSA) is 73.1 Å². The molecule has 1 aromatic carbocycles. The summed E-state index contributed by atoms with van der Waals surface area (Å²) in [6.45, 7) is 2.87. The van der Waals surface area contributed by atoms with E-state index in [2.05, 4.69) is 10.2 Å². The Hall–Kier alpha value is -1.90. The van der Waals surface area contributed by atoms with E-state index >= 15 is 0 Å². The molecule has 1 aromatic heterocycles. The molecule has 2 rings (SSSR count). The second-order valence-electron chi connectivity index (χ2n) is 4.81. The minimum absolute atomic E-state index is 0.0536. The quantitative estimate of drug-likeness (QED) is 0.859. The number of sulfone groups is 1. The molecule has 2 aromatic rings. The summed E-state index contributed by atoms with van der Waals surface area (Å²) in [6, 6.07) is 4.22. The van der Waals surface area contributed by atoms with E-state index in [0.29, 0.717) is 0 Å². The normalized spacial score (nSPS) is 14.0. The van der Waals surface area contributed by atoms with E-state index in [1.807, 2.05) is 0 Å². The van der Waals surface area contributed by atoms with Crippen molar-refractivity contribution in [3.63, 3.8) is 0 Å². The van der Waals surface area contributed by atoms with Crippen LogP contribution in [0.25, 0.3) is 0 Å². The third kappa shape index (κ3) is 3.65. The third-order valence-corrected chi connectivity index (χ3v) is 5.06. The molecule has 0 N–H and O–H groups in total.